The van der Waals surface area contributed by atoms with E-state index in [1.807, 2.05) is 0 Å². The van der Waals surface area contributed by atoms with E-state index in [1.165, 1.54) is 0 Å². The fourth-order valence-electron chi connectivity index (χ4n) is 2.62. The van der Waals surface area contributed by atoms with E-state index < -0.39 is 0 Å². The maximum atomic E-state index is 5.41. The Balaban J connectivity index is 1.85. The van der Waals surface area contributed by atoms with Crippen LogP contribution >= 0.6 is 0 Å². The van der Waals surface area contributed by atoms with E-state index in [0.29, 0.717) is 23.7 Å². The number of aromatic amines is 1. The van der Waals surface area contributed by atoms with Crippen LogP contribution in [-0.4, -0.2) is 50.7 Å². The van der Waals surface area contributed by atoms with Crippen molar-refractivity contribution in [2.24, 2.45) is 5.84 Å². The molecule has 0 aliphatic carbocycles. The van der Waals surface area contributed by atoms with Gasteiger partial charge in [-0.15, -0.1) is 0 Å². The number of likely N-dealkylation sites (tertiary alicyclic amines) is 1. The summed E-state index contributed by atoms with van der Waals surface area (Å²) in [5.41, 5.74) is 3.16. The fraction of sp³-hybridized carbons (Fsp3) is 0.583. The second-order valence-corrected chi connectivity index (χ2v) is 5.37. The summed E-state index contributed by atoms with van der Waals surface area (Å²) in [5, 5.41) is 11.2. The molecule has 2 aromatic heterocycles. The van der Waals surface area contributed by atoms with E-state index in [4.69, 9.17) is 5.84 Å². The van der Waals surface area contributed by atoms with Gasteiger partial charge in [0.05, 0.1) is 11.6 Å². The van der Waals surface area contributed by atoms with Gasteiger partial charge in [-0.1, -0.05) is 0 Å². The number of fused-ring (bicyclic) bond motifs is 1. The molecule has 8 nitrogen and oxygen atoms in total. The van der Waals surface area contributed by atoms with Gasteiger partial charge in [-0.25, -0.2) is 5.84 Å². The van der Waals surface area contributed by atoms with E-state index in [-0.39, 0.29) is 0 Å². The average Bonchev–Trinajstić information content (AvgIpc) is 2.91. The molecule has 3 rings (SSSR count). The monoisotopic (exact) mass is 276 g/mol. The Kier molecular flexibility index (Phi) is 3.41. The molecule has 3 heterocycles. The third-order valence-electron chi connectivity index (χ3n) is 3.99. The summed E-state index contributed by atoms with van der Waals surface area (Å²) < 4.78 is 0. The van der Waals surface area contributed by atoms with Crippen LogP contribution < -0.4 is 16.6 Å². The summed E-state index contributed by atoms with van der Waals surface area (Å²) in [6.07, 6.45) is 3.91. The van der Waals surface area contributed by atoms with Crippen LogP contribution in [0.1, 0.15) is 19.8 Å². The molecule has 2 unspecified atom stereocenters. The highest BCUT2D eigenvalue weighted by molar-refractivity contribution is 5.87. The third-order valence-corrected chi connectivity index (χ3v) is 3.99. The normalized spacial score (nSPS) is 23.9. The minimum absolute atomic E-state index is 0.380. The van der Waals surface area contributed by atoms with E-state index in [1.54, 1.807) is 6.20 Å². The number of anilines is 2. The maximum Gasteiger partial charge on any atom is 0.241 e. The second-order valence-electron chi connectivity index (χ2n) is 5.37. The van der Waals surface area contributed by atoms with Crippen molar-refractivity contribution in [1.29, 1.82) is 0 Å². The molecule has 1 fully saturated rings. The molecule has 1 aliphatic heterocycles. The number of piperidine rings is 1. The highest BCUT2D eigenvalue weighted by Gasteiger charge is 2.23. The van der Waals surface area contributed by atoms with Crippen molar-refractivity contribution < 1.29 is 0 Å². The topological polar surface area (TPSA) is 108 Å². The van der Waals surface area contributed by atoms with Gasteiger partial charge in [0.2, 0.25) is 5.95 Å². The van der Waals surface area contributed by atoms with E-state index in [9.17, 15) is 0 Å². The number of nitrogens with one attached hydrogen (secondary N) is 3. The first-order valence-electron chi connectivity index (χ1n) is 6.82. The predicted molar refractivity (Wildman–Crippen MR) is 78.2 cm³/mol. The van der Waals surface area contributed by atoms with E-state index in [2.05, 4.69) is 49.8 Å². The first-order valence-corrected chi connectivity index (χ1v) is 6.82. The lowest BCUT2D eigenvalue weighted by atomic mass is 9.99. The quantitative estimate of drug-likeness (QED) is 0.478. The molecule has 108 valence electrons. The Labute approximate surface area is 117 Å². The molecule has 5 N–H and O–H groups in total. The summed E-state index contributed by atoms with van der Waals surface area (Å²) >= 11 is 0. The molecule has 0 amide bonds. The Morgan fingerprint density at radius 2 is 2.30 bits per heavy atom. The van der Waals surface area contributed by atoms with Crippen LogP contribution in [0.5, 0.6) is 0 Å². The molecule has 0 bridgehead atoms. The summed E-state index contributed by atoms with van der Waals surface area (Å²) in [5.74, 6) is 6.56. The standard InChI is InChI=1S/C12H20N8/c1-7-5-8(3-4-20(7)2)15-10-9-6-14-19-11(9)17-12(16-10)18-13/h6-8H,3-5,13H2,1-2H3,(H3,14,15,16,17,18,19). The molecule has 1 saturated heterocycles. The Morgan fingerprint density at radius 3 is 3.05 bits per heavy atom. The van der Waals surface area contributed by atoms with Crippen LogP contribution in [0.25, 0.3) is 11.0 Å². The zero-order chi connectivity index (χ0) is 14.1. The molecule has 0 radical (unpaired) electrons. The largest absolute Gasteiger partial charge is 0.366 e. The second kappa shape index (κ2) is 5.22. The van der Waals surface area contributed by atoms with Crippen molar-refractivity contribution in [2.75, 3.05) is 24.3 Å². The third kappa shape index (κ3) is 2.39. The van der Waals surface area contributed by atoms with E-state index in [0.717, 1.165) is 30.6 Å². The van der Waals surface area contributed by atoms with Gasteiger partial charge in [-0.2, -0.15) is 15.1 Å². The first kappa shape index (κ1) is 13.1. The predicted octanol–water partition coefficient (Wildman–Crippen LogP) is 0.533. The summed E-state index contributed by atoms with van der Waals surface area (Å²) in [6.45, 7) is 3.33. The van der Waals surface area contributed by atoms with E-state index >= 15 is 0 Å². The van der Waals surface area contributed by atoms with Gasteiger partial charge in [-0.3, -0.25) is 10.5 Å². The van der Waals surface area contributed by atoms with Crippen LogP contribution in [0.15, 0.2) is 6.20 Å². The Hall–Kier alpha value is -1.93. The van der Waals surface area contributed by atoms with Crippen LogP contribution in [0, 0.1) is 0 Å². The molecule has 20 heavy (non-hydrogen) atoms. The molecule has 8 heteroatoms. The molecule has 1 aliphatic rings. The minimum atomic E-state index is 0.380. The van der Waals surface area contributed by atoms with Crippen LogP contribution in [0.2, 0.25) is 0 Å². The molecular formula is C12H20N8. The number of hydrazine groups is 1. The van der Waals surface area contributed by atoms with Crippen molar-refractivity contribution in [3.63, 3.8) is 0 Å². The number of H-pyrrole nitrogens is 1. The SMILES string of the molecule is CC1CC(Nc2nc(NN)nc3[nH]ncc23)CCN1C. The van der Waals surface area contributed by atoms with Crippen LogP contribution in [0.4, 0.5) is 11.8 Å². The van der Waals surface area contributed by atoms with Crippen molar-refractivity contribution in [1.82, 2.24) is 25.1 Å². The van der Waals surface area contributed by atoms with Gasteiger partial charge in [-0.05, 0) is 26.8 Å². The number of hydrogen-bond donors (Lipinski definition) is 4. The number of aromatic nitrogens is 4. The van der Waals surface area contributed by atoms with Gasteiger partial charge < -0.3 is 10.2 Å². The fourth-order valence-corrected chi connectivity index (χ4v) is 2.62. The van der Waals surface area contributed by atoms with Crippen molar-refractivity contribution in [3.05, 3.63) is 6.20 Å². The molecule has 2 aromatic rings. The minimum Gasteiger partial charge on any atom is -0.366 e. The van der Waals surface area contributed by atoms with Crippen LogP contribution in [0.3, 0.4) is 0 Å². The highest BCUT2D eigenvalue weighted by atomic mass is 15.3. The molecular weight excluding hydrogens is 256 g/mol. The number of nitrogens with two attached hydrogens (primary N) is 1. The summed E-state index contributed by atoms with van der Waals surface area (Å²) in [4.78, 5) is 11.0. The summed E-state index contributed by atoms with van der Waals surface area (Å²) in [7, 11) is 2.16. The molecule has 0 aromatic carbocycles. The number of rotatable bonds is 3. The molecule has 0 spiro atoms. The van der Waals surface area contributed by atoms with Gasteiger partial charge >= 0.3 is 0 Å². The maximum absolute atomic E-state index is 5.41. The smallest absolute Gasteiger partial charge is 0.241 e. The highest BCUT2D eigenvalue weighted by Crippen LogP contribution is 2.24. The number of hydrogen-bond acceptors (Lipinski definition) is 7. The van der Waals surface area contributed by atoms with Gasteiger partial charge in [0.15, 0.2) is 5.65 Å². The zero-order valence-corrected chi connectivity index (χ0v) is 11.7. The Morgan fingerprint density at radius 1 is 1.45 bits per heavy atom. The lowest BCUT2D eigenvalue weighted by Gasteiger charge is -2.35. The van der Waals surface area contributed by atoms with Gasteiger partial charge in [0.1, 0.15) is 5.82 Å². The average molecular weight is 276 g/mol. The van der Waals surface area contributed by atoms with Gasteiger partial charge in [0, 0.05) is 18.6 Å². The lowest BCUT2D eigenvalue weighted by Crippen LogP contribution is -2.42. The van der Waals surface area contributed by atoms with Crippen molar-refractivity contribution >= 4 is 22.8 Å². The first-order chi connectivity index (χ1) is 9.67. The molecule has 2 atom stereocenters. The Bertz CT molecular complexity index is 594. The van der Waals surface area contributed by atoms with Crippen LogP contribution in [-0.2, 0) is 0 Å². The van der Waals surface area contributed by atoms with Crippen molar-refractivity contribution in [2.45, 2.75) is 31.8 Å². The van der Waals surface area contributed by atoms with Crippen molar-refractivity contribution in [3.8, 4) is 0 Å². The zero-order valence-electron chi connectivity index (χ0n) is 11.7. The summed E-state index contributed by atoms with van der Waals surface area (Å²) in [6, 6.07) is 0.967. The number of nitrogen functional groups attached to an aromatic ring is 1. The van der Waals surface area contributed by atoms with Gasteiger partial charge in [0.25, 0.3) is 0 Å². The molecule has 0 saturated carbocycles. The lowest BCUT2D eigenvalue weighted by molar-refractivity contribution is 0.190. The number of nitrogens with zero attached hydrogens (tertiary/aromatic N) is 4.